The number of benzene rings is 5. The summed E-state index contributed by atoms with van der Waals surface area (Å²) in [6.45, 7) is 2.27. The molecule has 1 heterocycles. The lowest BCUT2D eigenvalue weighted by molar-refractivity contribution is 1.13. The Morgan fingerprint density at radius 3 is 1.90 bits per heavy atom. The Kier molecular flexibility index (Phi) is 4.35. The predicted octanol–water partition coefficient (Wildman–Crippen LogP) is 8.52. The van der Waals surface area contributed by atoms with Crippen molar-refractivity contribution in [2.24, 2.45) is 0 Å². The molecule has 31 heavy (non-hydrogen) atoms. The van der Waals surface area contributed by atoms with E-state index in [-0.39, 0.29) is 0 Å². The summed E-state index contributed by atoms with van der Waals surface area (Å²) in [7, 11) is 0. The zero-order valence-electron chi connectivity index (χ0n) is 17.1. The normalized spacial score (nSPS) is 11.5. The largest absolute Gasteiger partial charge is 0.317 e. The first-order chi connectivity index (χ1) is 15.2. The Balaban J connectivity index is 1.76. The van der Waals surface area contributed by atoms with Crippen molar-refractivity contribution in [3.63, 3.8) is 0 Å². The first-order valence-corrected chi connectivity index (χ1v) is 11.6. The monoisotopic (exact) mass is 509 g/mol. The first-order valence-electron chi connectivity index (χ1n) is 10.5. The van der Waals surface area contributed by atoms with E-state index < -0.39 is 0 Å². The number of aryl methyl sites for hydroxylation is 1. The lowest BCUT2D eigenvalue weighted by Crippen LogP contribution is -1.95. The van der Waals surface area contributed by atoms with Crippen LogP contribution >= 0.6 is 22.6 Å². The second-order valence-electron chi connectivity index (χ2n) is 7.97. The van der Waals surface area contributed by atoms with Crippen LogP contribution in [-0.4, -0.2) is 4.57 Å². The fourth-order valence-electron chi connectivity index (χ4n) is 4.90. The summed E-state index contributed by atoms with van der Waals surface area (Å²) in [5, 5.41) is 6.57. The van der Waals surface area contributed by atoms with Gasteiger partial charge < -0.3 is 4.57 Å². The number of fused-ring (bicyclic) bond motifs is 4. The van der Waals surface area contributed by atoms with Crippen LogP contribution < -0.4 is 0 Å². The van der Waals surface area contributed by atoms with Crippen LogP contribution in [0.5, 0.6) is 0 Å². The van der Waals surface area contributed by atoms with Crippen LogP contribution in [0, 0.1) is 10.5 Å². The Morgan fingerprint density at radius 2 is 1.16 bits per heavy atom. The summed E-state index contributed by atoms with van der Waals surface area (Å²) < 4.78 is 3.56. The molecule has 0 spiro atoms. The predicted molar refractivity (Wildman–Crippen MR) is 141 cm³/mol. The quantitative estimate of drug-likeness (QED) is 0.163. The highest BCUT2D eigenvalue weighted by Gasteiger charge is 2.18. The van der Waals surface area contributed by atoms with Crippen LogP contribution in [-0.2, 0) is 0 Å². The minimum Gasteiger partial charge on any atom is -0.317 e. The second-order valence-corrected chi connectivity index (χ2v) is 9.13. The van der Waals surface area contributed by atoms with Gasteiger partial charge >= 0.3 is 0 Å². The maximum atomic E-state index is 2.50. The molecule has 1 aromatic heterocycles. The molecule has 6 rings (SSSR count). The molecule has 5 aromatic carbocycles. The fraction of sp³-hybridized carbons (Fsp3) is 0.0345. The van der Waals surface area contributed by atoms with Crippen LogP contribution in [0.2, 0.25) is 0 Å². The van der Waals surface area contributed by atoms with Gasteiger partial charge in [-0.1, -0.05) is 66.7 Å². The Hall–Kier alpha value is -3.11. The molecule has 0 amide bonds. The molecule has 0 aliphatic rings. The molecular weight excluding hydrogens is 489 g/mol. The number of para-hydroxylation sites is 1. The van der Waals surface area contributed by atoms with Gasteiger partial charge in [-0.05, 0) is 92.5 Å². The molecule has 0 saturated carbocycles. The molecule has 0 N–H and O–H groups in total. The highest BCUT2D eigenvalue weighted by atomic mass is 127. The summed E-state index contributed by atoms with van der Waals surface area (Å²) in [5.74, 6) is 0. The van der Waals surface area contributed by atoms with Crippen molar-refractivity contribution in [2.75, 3.05) is 0 Å². The van der Waals surface area contributed by atoms with Crippen LogP contribution in [0.25, 0.3) is 49.3 Å². The molecule has 0 aliphatic heterocycles. The molecule has 0 aliphatic carbocycles. The van der Waals surface area contributed by atoms with Gasteiger partial charge in [0.2, 0.25) is 0 Å². The first kappa shape index (κ1) is 18.6. The third-order valence-electron chi connectivity index (χ3n) is 6.30. The van der Waals surface area contributed by atoms with Crippen LogP contribution in [0.4, 0.5) is 0 Å². The summed E-state index contributed by atoms with van der Waals surface area (Å²) in [4.78, 5) is 0. The number of hydrogen-bond acceptors (Lipinski definition) is 0. The van der Waals surface area contributed by atoms with E-state index in [1.807, 2.05) is 0 Å². The maximum absolute atomic E-state index is 2.50. The zero-order valence-corrected chi connectivity index (χ0v) is 19.3. The van der Waals surface area contributed by atoms with Gasteiger partial charge in [-0.25, -0.2) is 0 Å². The smallest absolute Gasteiger partial charge is 0.0535 e. The van der Waals surface area contributed by atoms with Crippen molar-refractivity contribution >= 4 is 55.0 Å². The van der Waals surface area contributed by atoms with E-state index in [0.29, 0.717) is 0 Å². The summed E-state index contributed by atoms with van der Waals surface area (Å²) >= 11 is 2.50. The van der Waals surface area contributed by atoms with E-state index in [1.54, 1.807) is 0 Å². The molecule has 0 atom stereocenters. The van der Waals surface area contributed by atoms with Gasteiger partial charge in [0, 0.05) is 26.4 Å². The van der Waals surface area contributed by atoms with Gasteiger partial charge in [-0.15, -0.1) is 0 Å². The Labute approximate surface area is 195 Å². The third kappa shape index (κ3) is 2.82. The van der Waals surface area contributed by atoms with Crippen molar-refractivity contribution in [1.29, 1.82) is 0 Å². The maximum Gasteiger partial charge on any atom is 0.0535 e. The Bertz CT molecular complexity index is 1590. The van der Waals surface area contributed by atoms with Crippen molar-refractivity contribution in [1.82, 2.24) is 4.57 Å². The van der Waals surface area contributed by atoms with E-state index in [2.05, 4.69) is 137 Å². The molecule has 0 radical (unpaired) electrons. The van der Waals surface area contributed by atoms with Gasteiger partial charge in [-0.2, -0.15) is 0 Å². The van der Waals surface area contributed by atoms with E-state index in [9.17, 15) is 0 Å². The molecular formula is C29H20IN. The molecule has 0 saturated heterocycles. The van der Waals surface area contributed by atoms with Gasteiger partial charge in [-0.3, -0.25) is 0 Å². The standard InChI is InChI=1S/C29H20IN/c1-19-21-11-5-6-12-22(21)23-13-7-8-14-24(23)28(19)29-25-17-18-31(20-9-3-2-4-10-20)27(25)16-15-26(29)30/h2-18H,1H3. The minimum absolute atomic E-state index is 1.18. The van der Waals surface area contributed by atoms with Gasteiger partial charge in [0.1, 0.15) is 0 Å². The fourth-order valence-corrected chi connectivity index (χ4v) is 5.64. The van der Waals surface area contributed by atoms with Crippen LogP contribution in [0.1, 0.15) is 5.56 Å². The van der Waals surface area contributed by atoms with Crippen molar-refractivity contribution in [3.05, 3.63) is 112 Å². The van der Waals surface area contributed by atoms with Gasteiger partial charge in [0.15, 0.2) is 0 Å². The van der Waals surface area contributed by atoms with Crippen molar-refractivity contribution < 1.29 is 0 Å². The van der Waals surface area contributed by atoms with E-state index in [0.717, 1.165) is 0 Å². The average Bonchev–Trinajstić information content (AvgIpc) is 3.25. The molecule has 6 aromatic rings. The molecule has 2 heteroatoms. The SMILES string of the molecule is Cc1c(-c2c(I)ccc3c2ccn3-c2ccccc2)c2ccccc2c2ccccc12. The number of halogens is 1. The van der Waals surface area contributed by atoms with E-state index in [1.165, 1.54) is 58.4 Å². The minimum atomic E-state index is 1.18. The highest BCUT2D eigenvalue weighted by Crippen LogP contribution is 2.43. The molecule has 0 bridgehead atoms. The molecule has 0 fully saturated rings. The summed E-state index contributed by atoms with van der Waals surface area (Å²) in [6, 6.07) is 34.9. The van der Waals surface area contributed by atoms with Gasteiger partial charge in [0.25, 0.3) is 0 Å². The van der Waals surface area contributed by atoms with Crippen molar-refractivity contribution in [3.8, 4) is 16.8 Å². The van der Waals surface area contributed by atoms with E-state index >= 15 is 0 Å². The summed E-state index contributed by atoms with van der Waals surface area (Å²) in [5.41, 5.74) is 6.43. The number of hydrogen-bond donors (Lipinski definition) is 0. The van der Waals surface area contributed by atoms with E-state index in [4.69, 9.17) is 0 Å². The lowest BCUT2D eigenvalue weighted by Gasteiger charge is -2.18. The van der Waals surface area contributed by atoms with Crippen LogP contribution in [0.3, 0.4) is 0 Å². The van der Waals surface area contributed by atoms with Crippen molar-refractivity contribution in [2.45, 2.75) is 6.92 Å². The summed E-state index contributed by atoms with van der Waals surface area (Å²) in [6.07, 6.45) is 2.19. The number of aromatic nitrogens is 1. The third-order valence-corrected chi connectivity index (χ3v) is 7.20. The highest BCUT2D eigenvalue weighted by molar-refractivity contribution is 14.1. The number of rotatable bonds is 2. The lowest BCUT2D eigenvalue weighted by atomic mass is 9.87. The molecule has 0 unspecified atom stereocenters. The zero-order chi connectivity index (χ0) is 20.9. The molecule has 148 valence electrons. The second kappa shape index (κ2) is 7.24. The molecule has 1 nitrogen and oxygen atoms in total. The van der Waals surface area contributed by atoms with Gasteiger partial charge in [0.05, 0.1) is 5.52 Å². The Morgan fingerprint density at radius 1 is 0.548 bits per heavy atom. The van der Waals surface area contributed by atoms with Crippen LogP contribution in [0.15, 0.2) is 103 Å². The number of nitrogens with zero attached hydrogens (tertiary/aromatic N) is 1. The topological polar surface area (TPSA) is 4.93 Å². The average molecular weight is 509 g/mol.